The van der Waals surface area contributed by atoms with Gasteiger partial charge in [-0.15, -0.1) is 6.42 Å². The summed E-state index contributed by atoms with van der Waals surface area (Å²) in [7, 11) is 0. The molecule has 8 rings (SSSR count). The van der Waals surface area contributed by atoms with Crippen molar-refractivity contribution in [1.29, 1.82) is 0 Å². The van der Waals surface area contributed by atoms with Crippen LogP contribution in [0.5, 0.6) is 11.8 Å². The number of hydrogen-bond donors (Lipinski definition) is 2. The molecule has 2 bridgehead atoms. The zero-order valence-corrected chi connectivity index (χ0v) is 22.7. The molecule has 2 N–H and O–H groups in total. The van der Waals surface area contributed by atoms with Gasteiger partial charge in [0.1, 0.15) is 29.4 Å². The maximum Gasteiger partial charge on any atom is 0.319 e. The number of halogens is 1. The van der Waals surface area contributed by atoms with Crippen LogP contribution in [0, 0.1) is 18.2 Å². The molecule has 4 aliphatic heterocycles. The van der Waals surface area contributed by atoms with Crippen LogP contribution < -0.4 is 15.0 Å². The van der Waals surface area contributed by atoms with Gasteiger partial charge in [0, 0.05) is 47.9 Å². The number of aromatic hydroxyl groups is 1. The van der Waals surface area contributed by atoms with E-state index >= 15 is 4.39 Å². The van der Waals surface area contributed by atoms with E-state index in [0.717, 1.165) is 58.3 Å². The van der Waals surface area contributed by atoms with Crippen LogP contribution >= 0.6 is 0 Å². The number of phenols is 1. The average Bonchev–Trinajstić information content (AvgIpc) is 3.77. The molecule has 0 saturated carbocycles. The van der Waals surface area contributed by atoms with E-state index in [2.05, 4.69) is 31.0 Å². The summed E-state index contributed by atoms with van der Waals surface area (Å²) in [6, 6.07) is 9.46. The lowest BCUT2D eigenvalue weighted by Gasteiger charge is -2.32. The summed E-state index contributed by atoms with van der Waals surface area (Å²) in [5.74, 6) is 2.78. The van der Waals surface area contributed by atoms with Gasteiger partial charge < -0.3 is 20.1 Å². The van der Waals surface area contributed by atoms with Crippen LogP contribution in [0.2, 0.25) is 0 Å². The minimum absolute atomic E-state index is 0.00731. The molecule has 0 amide bonds. The second kappa shape index (κ2) is 9.26. The summed E-state index contributed by atoms with van der Waals surface area (Å²) in [5, 5.41) is 16.0. The standard InChI is InChI=1S/C32H31FN6O2/c1-2-19-6-3-7-20-12-23(40)14-24(26(19)20)28-27(33)29-25(16-35-28)30(39-17-21-13-22(39)15-34-21)37-31(36-29)41-18-32-8-4-10-38(32)11-5-9-32/h1,3,6-7,12,14,16,21-22,34,40H,4-5,8-11,13,15,17-18H2/t21-,22-/m0/s1. The number of phenolic OH excluding ortho intramolecular Hbond substituents is 1. The summed E-state index contributed by atoms with van der Waals surface area (Å²) in [6.07, 6.45) is 13.0. The number of anilines is 1. The molecule has 9 heteroatoms. The quantitative estimate of drug-likeness (QED) is 0.357. The molecule has 0 radical (unpaired) electrons. The smallest absolute Gasteiger partial charge is 0.319 e. The lowest BCUT2D eigenvalue weighted by atomic mass is 9.95. The molecule has 8 nitrogen and oxygen atoms in total. The average molecular weight is 551 g/mol. The molecule has 0 aliphatic carbocycles. The van der Waals surface area contributed by atoms with E-state index in [9.17, 15) is 5.11 Å². The molecule has 2 aromatic heterocycles. The van der Waals surface area contributed by atoms with Gasteiger partial charge in [0.15, 0.2) is 5.82 Å². The first-order valence-corrected chi connectivity index (χ1v) is 14.5. The number of benzene rings is 2. The van der Waals surface area contributed by atoms with Crippen LogP contribution in [0.25, 0.3) is 32.9 Å². The van der Waals surface area contributed by atoms with Crippen molar-refractivity contribution in [2.75, 3.05) is 37.7 Å². The first-order valence-electron chi connectivity index (χ1n) is 14.5. The Balaban J connectivity index is 1.28. The number of piperazine rings is 1. The third-order valence-corrected chi connectivity index (χ3v) is 9.63. The number of terminal acetylenes is 1. The van der Waals surface area contributed by atoms with Crippen molar-refractivity contribution in [3.8, 4) is 35.4 Å². The molecule has 4 fully saturated rings. The Morgan fingerprint density at radius 2 is 2.05 bits per heavy atom. The van der Waals surface area contributed by atoms with Crippen molar-refractivity contribution in [2.45, 2.75) is 49.7 Å². The van der Waals surface area contributed by atoms with Gasteiger partial charge in [-0.25, -0.2) is 4.39 Å². The third kappa shape index (κ3) is 3.85. The fourth-order valence-corrected chi connectivity index (χ4v) is 7.69. The van der Waals surface area contributed by atoms with Crippen molar-refractivity contribution in [3.63, 3.8) is 0 Å². The number of hydrogen-bond acceptors (Lipinski definition) is 8. The summed E-state index contributed by atoms with van der Waals surface area (Å²) in [4.78, 5) is 18.9. The van der Waals surface area contributed by atoms with Gasteiger partial charge in [0.25, 0.3) is 0 Å². The molecule has 0 spiro atoms. The predicted molar refractivity (Wildman–Crippen MR) is 156 cm³/mol. The number of nitrogens with zero attached hydrogens (tertiary/aromatic N) is 5. The second-order valence-corrected chi connectivity index (χ2v) is 11.9. The van der Waals surface area contributed by atoms with Crippen molar-refractivity contribution < 1.29 is 14.2 Å². The molecular formula is C32H31FN6O2. The minimum Gasteiger partial charge on any atom is -0.508 e. The Bertz CT molecular complexity index is 1740. The first kappa shape index (κ1) is 24.8. The van der Waals surface area contributed by atoms with Gasteiger partial charge in [-0.2, -0.15) is 9.97 Å². The minimum atomic E-state index is -0.585. The first-order chi connectivity index (χ1) is 20.0. The van der Waals surface area contributed by atoms with Crippen molar-refractivity contribution >= 4 is 27.5 Å². The maximum atomic E-state index is 16.7. The molecular weight excluding hydrogens is 519 g/mol. The number of fused-ring (bicyclic) bond motifs is 5. The Kier molecular flexibility index (Phi) is 5.60. The summed E-state index contributed by atoms with van der Waals surface area (Å²) in [6.45, 7) is 4.34. The van der Waals surface area contributed by atoms with Gasteiger partial charge in [0.05, 0.1) is 10.9 Å². The number of pyridine rings is 1. The van der Waals surface area contributed by atoms with E-state index in [0.29, 0.717) is 45.8 Å². The third-order valence-electron chi connectivity index (χ3n) is 9.63. The molecule has 4 aromatic rings. The van der Waals surface area contributed by atoms with Crippen LogP contribution in [0.3, 0.4) is 0 Å². The van der Waals surface area contributed by atoms with Crippen LogP contribution in [-0.4, -0.2) is 75.4 Å². The molecule has 0 unspecified atom stereocenters. The molecule has 6 heterocycles. The van der Waals surface area contributed by atoms with E-state index in [1.54, 1.807) is 18.3 Å². The molecule has 2 atom stereocenters. The van der Waals surface area contributed by atoms with Crippen molar-refractivity contribution in [1.82, 2.24) is 25.2 Å². The van der Waals surface area contributed by atoms with E-state index in [1.165, 1.54) is 6.07 Å². The Labute approximate surface area is 237 Å². The van der Waals surface area contributed by atoms with Crippen LogP contribution in [-0.2, 0) is 0 Å². The largest absolute Gasteiger partial charge is 0.508 e. The Morgan fingerprint density at radius 3 is 2.80 bits per heavy atom. The normalized spacial score (nSPS) is 23.0. The maximum absolute atomic E-state index is 16.7. The molecule has 208 valence electrons. The van der Waals surface area contributed by atoms with Gasteiger partial charge in [-0.1, -0.05) is 18.1 Å². The zero-order valence-electron chi connectivity index (χ0n) is 22.7. The summed E-state index contributed by atoms with van der Waals surface area (Å²) >= 11 is 0. The highest BCUT2D eigenvalue weighted by Gasteiger charge is 2.45. The molecule has 2 aromatic carbocycles. The Morgan fingerprint density at radius 1 is 1.20 bits per heavy atom. The summed E-state index contributed by atoms with van der Waals surface area (Å²) < 4.78 is 23.0. The molecule has 4 aliphatic rings. The van der Waals surface area contributed by atoms with Gasteiger partial charge in [-0.05, 0) is 68.8 Å². The summed E-state index contributed by atoms with van der Waals surface area (Å²) in [5.41, 5.74) is 1.28. The predicted octanol–water partition coefficient (Wildman–Crippen LogP) is 4.23. The van der Waals surface area contributed by atoms with Crippen LogP contribution in [0.1, 0.15) is 37.7 Å². The lowest BCUT2D eigenvalue weighted by molar-refractivity contribution is 0.108. The highest BCUT2D eigenvalue weighted by molar-refractivity contribution is 6.02. The van der Waals surface area contributed by atoms with Crippen LogP contribution in [0.4, 0.5) is 10.2 Å². The zero-order chi connectivity index (χ0) is 27.7. The lowest BCUT2D eigenvalue weighted by Crippen LogP contribution is -2.44. The van der Waals surface area contributed by atoms with Gasteiger partial charge in [-0.3, -0.25) is 9.88 Å². The van der Waals surface area contributed by atoms with Gasteiger partial charge >= 0.3 is 6.01 Å². The van der Waals surface area contributed by atoms with Crippen LogP contribution in [0.15, 0.2) is 36.5 Å². The number of rotatable bonds is 5. The highest BCUT2D eigenvalue weighted by Crippen LogP contribution is 2.41. The fraction of sp³-hybridized carbons (Fsp3) is 0.406. The van der Waals surface area contributed by atoms with Crippen molar-refractivity contribution in [2.24, 2.45) is 0 Å². The van der Waals surface area contributed by atoms with E-state index < -0.39 is 5.82 Å². The SMILES string of the molecule is C#Cc1cccc2cc(O)cc(-c3ncc4c(N5C[C@@H]6C[C@H]5CN6)nc(OCC56CCCN5CCC6)nc4c3F)c12. The van der Waals surface area contributed by atoms with E-state index in [-0.39, 0.29) is 34.6 Å². The number of aromatic nitrogens is 3. The van der Waals surface area contributed by atoms with E-state index in [4.69, 9.17) is 16.1 Å². The highest BCUT2D eigenvalue weighted by atomic mass is 19.1. The second-order valence-electron chi connectivity index (χ2n) is 11.9. The van der Waals surface area contributed by atoms with Gasteiger partial charge in [0.2, 0.25) is 0 Å². The van der Waals surface area contributed by atoms with E-state index in [1.807, 2.05) is 12.1 Å². The molecule has 41 heavy (non-hydrogen) atoms. The Hall–Kier alpha value is -4.00. The number of ether oxygens (including phenoxy) is 1. The number of nitrogens with one attached hydrogen (secondary N) is 1. The fourth-order valence-electron chi connectivity index (χ4n) is 7.69. The molecule has 4 saturated heterocycles. The van der Waals surface area contributed by atoms with Crippen molar-refractivity contribution in [3.05, 3.63) is 47.9 Å². The monoisotopic (exact) mass is 550 g/mol. The topological polar surface area (TPSA) is 86.6 Å².